The number of carbonyl (C=O) groups excluding carboxylic acids is 2. The van der Waals surface area contributed by atoms with E-state index in [1.165, 1.54) is 22.9 Å². The standard InChI is InChI=1S/C18H21N3O4/c1-12-14(18(24)19-9-10-25-3)5-4-6-15(12)20-17(23)13-7-8-16(22)21(2)11-13/h4-8,11H,9-10H2,1-3H3,(H,19,24)(H,20,23). The molecule has 2 rings (SSSR count). The molecular formula is C18H21N3O4. The van der Waals surface area contributed by atoms with E-state index in [2.05, 4.69) is 10.6 Å². The lowest BCUT2D eigenvalue weighted by Gasteiger charge is -2.13. The second-order valence-corrected chi connectivity index (χ2v) is 5.55. The Morgan fingerprint density at radius 1 is 1.16 bits per heavy atom. The van der Waals surface area contributed by atoms with E-state index in [4.69, 9.17) is 4.74 Å². The maximum atomic E-state index is 12.4. The summed E-state index contributed by atoms with van der Waals surface area (Å²) in [5.41, 5.74) is 1.85. The Labute approximate surface area is 145 Å². The van der Waals surface area contributed by atoms with Gasteiger partial charge < -0.3 is 19.9 Å². The number of ether oxygens (including phenoxy) is 1. The van der Waals surface area contributed by atoms with Gasteiger partial charge in [0.25, 0.3) is 11.8 Å². The summed E-state index contributed by atoms with van der Waals surface area (Å²) in [5, 5.41) is 5.53. The Morgan fingerprint density at radius 3 is 2.60 bits per heavy atom. The molecule has 0 radical (unpaired) electrons. The molecule has 7 heteroatoms. The first kappa shape index (κ1) is 18.4. The fourth-order valence-electron chi connectivity index (χ4n) is 2.30. The summed E-state index contributed by atoms with van der Waals surface area (Å²) in [5.74, 6) is -0.580. The minimum absolute atomic E-state index is 0.192. The van der Waals surface area contributed by atoms with Gasteiger partial charge in [0.1, 0.15) is 0 Å². The number of pyridine rings is 1. The van der Waals surface area contributed by atoms with Crippen LogP contribution >= 0.6 is 0 Å². The molecule has 0 unspecified atom stereocenters. The van der Waals surface area contributed by atoms with Crippen molar-refractivity contribution in [2.75, 3.05) is 25.6 Å². The normalized spacial score (nSPS) is 10.4. The Morgan fingerprint density at radius 2 is 1.92 bits per heavy atom. The number of anilines is 1. The molecule has 132 valence electrons. The van der Waals surface area contributed by atoms with E-state index in [9.17, 15) is 14.4 Å². The van der Waals surface area contributed by atoms with E-state index in [-0.39, 0.29) is 17.4 Å². The molecule has 7 nitrogen and oxygen atoms in total. The number of aryl methyl sites for hydroxylation is 1. The van der Waals surface area contributed by atoms with Gasteiger partial charge in [0, 0.05) is 44.2 Å². The van der Waals surface area contributed by atoms with Crippen LogP contribution in [0.25, 0.3) is 0 Å². The predicted molar refractivity (Wildman–Crippen MR) is 95.0 cm³/mol. The predicted octanol–water partition coefficient (Wildman–Crippen LogP) is 1.32. The maximum absolute atomic E-state index is 12.4. The molecule has 0 atom stereocenters. The molecule has 0 aliphatic rings. The van der Waals surface area contributed by atoms with Crippen molar-refractivity contribution >= 4 is 17.5 Å². The van der Waals surface area contributed by atoms with Crippen LogP contribution in [0.15, 0.2) is 41.3 Å². The van der Waals surface area contributed by atoms with Gasteiger partial charge in [0.15, 0.2) is 0 Å². The lowest BCUT2D eigenvalue weighted by molar-refractivity contribution is 0.0935. The highest BCUT2D eigenvalue weighted by atomic mass is 16.5. The third-order valence-electron chi connectivity index (χ3n) is 3.77. The second kappa shape index (κ2) is 8.25. The monoisotopic (exact) mass is 343 g/mol. The van der Waals surface area contributed by atoms with Crippen molar-refractivity contribution in [1.29, 1.82) is 0 Å². The molecule has 2 aromatic rings. The summed E-state index contributed by atoms with van der Waals surface area (Å²) in [4.78, 5) is 36.0. The van der Waals surface area contributed by atoms with Crippen LogP contribution < -0.4 is 16.2 Å². The number of amides is 2. The zero-order valence-corrected chi connectivity index (χ0v) is 14.5. The minimum Gasteiger partial charge on any atom is -0.383 e. The van der Waals surface area contributed by atoms with Crippen molar-refractivity contribution in [3.05, 3.63) is 63.6 Å². The number of hydrogen-bond acceptors (Lipinski definition) is 4. The number of rotatable bonds is 6. The largest absolute Gasteiger partial charge is 0.383 e. The van der Waals surface area contributed by atoms with Crippen LogP contribution in [-0.4, -0.2) is 36.6 Å². The number of hydrogen-bond donors (Lipinski definition) is 2. The van der Waals surface area contributed by atoms with Gasteiger partial charge in [-0.05, 0) is 30.7 Å². The smallest absolute Gasteiger partial charge is 0.257 e. The zero-order chi connectivity index (χ0) is 18.4. The van der Waals surface area contributed by atoms with E-state index >= 15 is 0 Å². The number of nitrogens with one attached hydrogen (secondary N) is 2. The van der Waals surface area contributed by atoms with Crippen LogP contribution in [0.1, 0.15) is 26.3 Å². The van der Waals surface area contributed by atoms with E-state index in [0.717, 1.165) is 0 Å². The van der Waals surface area contributed by atoms with E-state index in [1.54, 1.807) is 39.3 Å². The molecular weight excluding hydrogens is 322 g/mol. The first-order valence-electron chi connectivity index (χ1n) is 7.79. The minimum atomic E-state index is -0.351. The van der Waals surface area contributed by atoms with Crippen molar-refractivity contribution < 1.29 is 14.3 Å². The summed E-state index contributed by atoms with van der Waals surface area (Å²) in [7, 11) is 3.14. The van der Waals surface area contributed by atoms with Gasteiger partial charge in [0.2, 0.25) is 5.56 Å². The second-order valence-electron chi connectivity index (χ2n) is 5.55. The number of carbonyl (C=O) groups is 2. The average Bonchev–Trinajstić information content (AvgIpc) is 2.59. The molecule has 0 aliphatic carbocycles. The molecule has 2 N–H and O–H groups in total. The van der Waals surface area contributed by atoms with E-state index < -0.39 is 0 Å². The number of methoxy groups -OCH3 is 1. The van der Waals surface area contributed by atoms with Crippen LogP contribution in [-0.2, 0) is 11.8 Å². The van der Waals surface area contributed by atoms with Crippen LogP contribution in [0.5, 0.6) is 0 Å². The van der Waals surface area contributed by atoms with Gasteiger partial charge in [-0.1, -0.05) is 6.07 Å². The SMILES string of the molecule is COCCNC(=O)c1cccc(NC(=O)c2ccc(=O)n(C)c2)c1C. The lowest BCUT2D eigenvalue weighted by atomic mass is 10.1. The van der Waals surface area contributed by atoms with Gasteiger partial charge in [0.05, 0.1) is 12.2 Å². The zero-order valence-electron chi connectivity index (χ0n) is 14.5. The van der Waals surface area contributed by atoms with E-state index in [1.807, 2.05) is 0 Å². The number of nitrogens with zero attached hydrogens (tertiary/aromatic N) is 1. The topological polar surface area (TPSA) is 89.4 Å². The van der Waals surface area contributed by atoms with Gasteiger partial charge in [-0.15, -0.1) is 0 Å². The summed E-state index contributed by atoms with van der Waals surface area (Å²) >= 11 is 0. The molecule has 1 aromatic carbocycles. The maximum Gasteiger partial charge on any atom is 0.257 e. The van der Waals surface area contributed by atoms with Crippen LogP contribution in [0.2, 0.25) is 0 Å². The molecule has 0 saturated carbocycles. The third-order valence-corrected chi connectivity index (χ3v) is 3.77. The van der Waals surface area contributed by atoms with Crippen molar-refractivity contribution in [2.45, 2.75) is 6.92 Å². The number of benzene rings is 1. The Hall–Kier alpha value is -2.93. The Bertz CT molecular complexity index is 842. The highest BCUT2D eigenvalue weighted by molar-refractivity contribution is 6.05. The molecule has 0 bridgehead atoms. The quantitative estimate of drug-likeness (QED) is 0.774. The molecule has 0 saturated heterocycles. The fraction of sp³-hybridized carbons (Fsp3) is 0.278. The van der Waals surface area contributed by atoms with Crippen molar-refractivity contribution in [1.82, 2.24) is 9.88 Å². The lowest BCUT2D eigenvalue weighted by Crippen LogP contribution is -2.28. The Kier molecular flexibility index (Phi) is 6.08. The summed E-state index contributed by atoms with van der Waals surface area (Å²) < 4.78 is 6.24. The highest BCUT2D eigenvalue weighted by Crippen LogP contribution is 2.19. The first-order valence-corrected chi connectivity index (χ1v) is 7.79. The van der Waals surface area contributed by atoms with Crippen molar-refractivity contribution in [3.63, 3.8) is 0 Å². The summed E-state index contributed by atoms with van der Waals surface area (Å²) in [6.45, 7) is 2.60. The van der Waals surface area contributed by atoms with E-state index in [0.29, 0.717) is 35.5 Å². The first-order chi connectivity index (χ1) is 11.9. The fourth-order valence-corrected chi connectivity index (χ4v) is 2.30. The molecule has 0 aliphatic heterocycles. The highest BCUT2D eigenvalue weighted by Gasteiger charge is 2.14. The van der Waals surface area contributed by atoms with Crippen LogP contribution in [0.4, 0.5) is 5.69 Å². The molecule has 25 heavy (non-hydrogen) atoms. The Balaban J connectivity index is 2.18. The molecule has 0 fully saturated rings. The van der Waals surface area contributed by atoms with Gasteiger partial charge >= 0.3 is 0 Å². The van der Waals surface area contributed by atoms with Crippen LogP contribution in [0.3, 0.4) is 0 Å². The van der Waals surface area contributed by atoms with Crippen molar-refractivity contribution in [3.8, 4) is 0 Å². The van der Waals surface area contributed by atoms with Gasteiger partial charge in [-0.25, -0.2) is 0 Å². The molecule has 1 aromatic heterocycles. The summed E-state index contributed by atoms with van der Waals surface area (Å²) in [6, 6.07) is 7.92. The van der Waals surface area contributed by atoms with Gasteiger partial charge in [-0.3, -0.25) is 14.4 Å². The molecule has 2 amide bonds. The van der Waals surface area contributed by atoms with Crippen LogP contribution in [0, 0.1) is 6.92 Å². The van der Waals surface area contributed by atoms with Crippen molar-refractivity contribution in [2.24, 2.45) is 7.05 Å². The summed E-state index contributed by atoms with van der Waals surface area (Å²) in [6.07, 6.45) is 1.47. The van der Waals surface area contributed by atoms with Gasteiger partial charge in [-0.2, -0.15) is 0 Å². The third kappa shape index (κ3) is 4.54. The number of aromatic nitrogens is 1. The molecule has 1 heterocycles. The molecule has 0 spiro atoms. The average molecular weight is 343 g/mol.